The van der Waals surface area contributed by atoms with E-state index < -0.39 is 0 Å². The van der Waals surface area contributed by atoms with Crippen LogP contribution in [0.5, 0.6) is 0 Å². The summed E-state index contributed by atoms with van der Waals surface area (Å²) in [5.41, 5.74) is 0. The van der Waals surface area contributed by atoms with E-state index in [1.165, 1.54) is 0 Å². The molecule has 12 heavy (non-hydrogen) atoms. The number of piperidine rings is 1. The molecule has 0 bridgehead atoms. The first-order valence-electron chi connectivity index (χ1n) is 4.52. The summed E-state index contributed by atoms with van der Waals surface area (Å²) in [5.74, 6) is 0.243. The first-order chi connectivity index (χ1) is 5.77. The molecule has 3 nitrogen and oxygen atoms in total. The number of likely N-dealkylation sites (tertiary alicyclic amines) is 1. The highest BCUT2D eigenvalue weighted by atomic mass is 16.3. The van der Waals surface area contributed by atoms with Gasteiger partial charge in [-0.3, -0.25) is 4.90 Å². The second-order valence-corrected chi connectivity index (χ2v) is 3.47. The van der Waals surface area contributed by atoms with Gasteiger partial charge in [-0.05, 0) is 32.9 Å². The number of nitrogens with zero attached hydrogens (tertiary/aromatic N) is 2. The van der Waals surface area contributed by atoms with Crippen LogP contribution in [0.15, 0.2) is 0 Å². The van der Waals surface area contributed by atoms with Crippen LogP contribution in [0.25, 0.3) is 0 Å². The van der Waals surface area contributed by atoms with Crippen LogP contribution < -0.4 is 0 Å². The summed E-state index contributed by atoms with van der Waals surface area (Å²) in [6.45, 7) is 4.16. The Bertz CT molecular complexity index is 168. The lowest BCUT2D eigenvalue weighted by Gasteiger charge is -2.32. The molecule has 3 heteroatoms. The minimum atomic E-state index is 0.219. The Morgan fingerprint density at radius 3 is 2.58 bits per heavy atom. The Morgan fingerprint density at radius 1 is 1.58 bits per heavy atom. The van der Waals surface area contributed by atoms with E-state index >= 15 is 0 Å². The van der Waals surface area contributed by atoms with Crippen LogP contribution >= 0.6 is 0 Å². The van der Waals surface area contributed by atoms with Crippen molar-refractivity contribution >= 4 is 0 Å². The molecule has 68 valence electrons. The van der Waals surface area contributed by atoms with Crippen LogP contribution in [-0.2, 0) is 0 Å². The van der Waals surface area contributed by atoms with E-state index in [-0.39, 0.29) is 18.6 Å². The first-order valence-corrected chi connectivity index (χ1v) is 4.52. The van der Waals surface area contributed by atoms with Gasteiger partial charge < -0.3 is 5.11 Å². The van der Waals surface area contributed by atoms with Crippen molar-refractivity contribution in [1.82, 2.24) is 4.90 Å². The third kappa shape index (κ3) is 2.20. The fourth-order valence-electron chi connectivity index (χ4n) is 1.58. The topological polar surface area (TPSA) is 47.3 Å². The molecule has 0 aromatic heterocycles. The number of hydrogen-bond donors (Lipinski definition) is 1. The van der Waals surface area contributed by atoms with E-state index in [1.54, 1.807) is 0 Å². The summed E-state index contributed by atoms with van der Waals surface area (Å²) in [7, 11) is 0. The number of hydrogen-bond acceptors (Lipinski definition) is 3. The van der Waals surface area contributed by atoms with Crippen molar-refractivity contribution in [3.63, 3.8) is 0 Å². The van der Waals surface area contributed by atoms with E-state index in [1.807, 2.05) is 6.92 Å². The zero-order chi connectivity index (χ0) is 8.97. The molecule has 1 aliphatic rings. The van der Waals surface area contributed by atoms with Crippen molar-refractivity contribution < 1.29 is 5.11 Å². The molecule has 0 spiro atoms. The average molecular weight is 168 g/mol. The summed E-state index contributed by atoms with van der Waals surface area (Å²) >= 11 is 0. The smallest absolute Gasteiger partial charge is 0.0656 e. The molecule has 1 atom stereocenters. The Hall–Kier alpha value is -0.590. The van der Waals surface area contributed by atoms with Crippen molar-refractivity contribution in [1.29, 1.82) is 5.26 Å². The zero-order valence-corrected chi connectivity index (χ0v) is 7.53. The monoisotopic (exact) mass is 168 g/mol. The van der Waals surface area contributed by atoms with Gasteiger partial charge in [0, 0.05) is 12.0 Å². The van der Waals surface area contributed by atoms with E-state index in [9.17, 15) is 0 Å². The predicted molar refractivity (Wildman–Crippen MR) is 46.5 cm³/mol. The summed E-state index contributed by atoms with van der Waals surface area (Å²) in [4.78, 5) is 2.24. The molecule has 1 fully saturated rings. The largest absolute Gasteiger partial charge is 0.395 e. The molecule has 0 radical (unpaired) electrons. The maximum absolute atomic E-state index is 8.90. The number of nitriles is 1. The van der Waals surface area contributed by atoms with Crippen LogP contribution in [0, 0.1) is 17.2 Å². The standard InChI is InChI=1S/C9H16N2O/c1-8(7-12)11-4-2-9(6-10)3-5-11/h8-9,12H,2-5,7H2,1H3. The lowest BCUT2D eigenvalue weighted by atomic mass is 9.98. The summed E-state index contributed by atoms with van der Waals surface area (Å²) < 4.78 is 0. The van der Waals surface area contributed by atoms with Crippen LogP contribution in [-0.4, -0.2) is 35.7 Å². The molecule has 1 saturated heterocycles. The highest BCUT2D eigenvalue weighted by Gasteiger charge is 2.21. The molecule has 1 N–H and O–H groups in total. The number of rotatable bonds is 2. The molecule has 0 saturated carbocycles. The van der Waals surface area contributed by atoms with Gasteiger partial charge >= 0.3 is 0 Å². The minimum absolute atomic E-state index is 0.219. The fourth-order valence-corrected chi connectivity index (χ4v) is 1.58. The molecule has 0 aliphatic carbocycles. The molecular weight excluding hydrogens is 152 g/mol. The van der Waals surface area contributed by atoms with Crippen molar-refractivity contribution in [2.75, 3.05) is 19.7 Å². The molecule has 0 aromatic rings. The average Bonchev–Trinajstić information content (AvgIpc) is 2.17. The van der Waals surface area contributed by atoms with E-state index in [0.29, 0.717) is 0 Å². The maximum Gasteiger partial charge on any atom is 0.0656 e. The van der Waals surface area contributed by atoms with Gasteiger partial charge in [0.15, 0.2) is 0 Å². The zero-order valence-electron chi connectivity index (χ0n) is 7.53. The molecule has 0 amide bonds. The van der Waals surface area contributed by atoms with Gasteiger partial charge in [-0.1, -0.05) is 0 Å². The Kier molecular flexibility index (Phi) is 3.51. The number of aliphatic hydroxyl groups excluding tert-OH is 1. The SMILES string of the molecule is CC(CO)N1CCC(C#N)CC1. The quantitative estimate of drug-likeness (QED) is 0.657. The van der Waals surface area contributed by atoms with Gasteiger partial charge in [-0.2, -0.15) is 5.26 Å². The normalized spacial score (nSPS) is 23.4. The maximum atomic E-state index is 8.90. The van der Waals surface area contributed by atoms with Gasteiger partial charge in [0.2, 0.25) is 0 Å². The first kappa shape index (κ1) is 9.50. The molecule has 1 rings (SSSR count). The van der Waals surface area contributed by atoms with Crippen LogP contribution in [0.4, 0.5) is 0 Å². The van der Waals surface area contributed by atoms with Gasteiger partial charge in [-0.25, -0.2) is 0 Å². The van der Waals surface area contributed by atoms with Crippen molar-refractivity contribution in [2.45, 2.75) is 25.8 Å². The Morgan fingerprint density at radius 2 is 2.17 bits per heavy atom. The predicted octanol–water partition coefficient (Wildman–Crippen LogP) is 0.603. The molecule has 0 aromatic carbocycles. The number of aliphatic hydroxyl groups is 1. The Balaban J connectivity index is 2.31. The van der Waals surface area contributed by atoms with Gasteiger partial charge in [0.25, 0.3) is 0 Å². The molecule has 1 heterocycles. The highest BCUT2D eigenvalue weighted by molar-refractivity contribution is 4.88. The lowest BCUT2D eigenvalue weighted by Crippen LogP contribution is -2.41. The van der Waals surface area contributed by atoms with Gasteiger partial charge in [0.05, 0.1) is 12.7 Å². The van der Waals surface area contributed by atoms with E-state index in [4.69, 9.17) is 10.4 Å². The van der Waals surface area contributed by atoms with Crippen LogP contribution in [0.1, 0.15) is 19.8 Å². The Labute approximate surface area is 73.6 Å². The van der Waals surface area contributed by atoms with Gasteiger partial charge in [0.1, 0.15) is 0 Å². The second-order valence-electron chi connectivity index (χ2n) is 3.47. The highest BCUT2D eigenvalue weighted by Crippen LogP contribution is 2.17. The third-order valence-electron chi connectivity index (χ3n) is 2.60. The van der Waals surface area contributed by atoms with Gasteiger partial charge in [-0.15, -0.1) is 0 Å². The summed E-state index contributed by atoms with van der Waals surface area (Å²) in [6, 6.07) is 2.55. The van der Waals surface area contributed by atoms with Crippen LogP contribution in [0.2, 0.25) is 0 Å². The van der Waals surface area contributed by atoms with Crippen molar-refractivity contribution in [3.8, 4) is 6.07 Å². The summed E-state index contributed by atoms with van der Waals surface area (Å²) in [6.07, 6.45) is 1.92. The second kappa shape index (κ2) is 4.44. The van der Waals surface area contributed by atoms with Crippen LogP contribution in [0.3, 0.4) is 0 Å². The van der Waals surface area contributed by atoms with Crippen molar-refractivity contribution in [3.05, 3.63) is 0 Å². The van der Waals surface area contributed by atoms with E-state index in [2.05, 4.69) is 11.0 Å². The summed E-state index contributed by atoms with van der Waals surface area (Å²) in [5, 5.41) is 17.6. The van der Waals surface area contributed by atoms with E-state index in [0.717, 1.165) is 25.9 Å². The van der Waals surface area contributed by atoms with Crippen molar-refractivity contribution in [2.24, 2.45) is 5.92 Å². The minimum Gasteiger partial charge on any atom is -0.395 e. The molecule has 1 unspecified atom stereocenters. The fraction of sp³-hybridized carbons (Fsp3) is 0.889. The lowest BCUT2D eigenvalue weighted by molar-refractivity contribution is 0.105. The third-order valence-corrected chi connectivity index (χ3v) is 2.60. The molecule has 1 aliphatic heterocycles. The molecular formula is C9H16N2O.